The Bertz CT molecular complexity index is 963. The fourth-order valence-electron chi connectivity index (χ4n) is 3.26. The summed E-state index contributed by atoms with van der Waals surface area (Å²) in [5, 5.41) is 4.04. The Kier molecular flexibility index (Phi) is 5.10. The molecule has 2 heterocycles. The molecule has 6 nitrogen and oxygen atoms in total. The summed E-state index contributed by atoms with van der Waals surface area (Å²) < 4.78 is 11.1. The van der Waals surface area contributed by atoms with Crippen molar-refractivity contribution in [2.75, 3.05) is 11.4 Å². The lowest BCUT2D eigenvalue weighted by atomic mass is 10.0. The molecule has 144 valence electrons. The van der Waals surface area contributed by atoms with Gasteiger partial charge in [0.05, 0.1) is 0 Å². The van der Waals surface area contributed by atoms with Crippen LogP contribution >= 0.6 is 0 Å². The molecular formula is C22H23N3O3. The Morgan fingerprint density at radius 2 is 2.00 bits per heavy atom. The molecule has 0 N–H and O–H groups in total. The molecule has 1 amide bonds. The average Bonchev–Trinajstić information content (AvgIpc) is 3.36. The topological polar surface area (TPSA) is 68.5 Å². The summed E-state index contributed by atoms with van der Waals surface area (Å²) >= 11 is 0. The van der Waals surface area contributed by atoms with Gasteiger partial charge in [-0.15, -0.1) is 0 Å². The SMILES string of the molecule is CC(C)c1ccc(-c2noc(COc3cccc(N4CCCC4=O)c3)n2)cc1. The third-order valence-electron chi connectivity index (χ3n) is 4.87. The number of nitrogens with zero attached hydrogens (tertiary/aromatic N) is 3. The van der Waals surface area contributed by atoms with E-state index in [9.17, 15) is 4.79 Å². The number of anilines is 1. The van der Waals surface area contributed by atoms with Crippen LogP contribution in [0.2, 0.25) is 0 Å². The molecule has 0 spiro atoms. The predicted octanol–water partition coefficient (Wildman–Crippen LogP) is 4.57. The number of aromatic nitrogens is 2. The van der Waals surface area contributed by atoms with Gasteiger partial charge in [0.1, 0.15) is 5.75 Å². The van der Waals surface area contributed by atoms with Crippen molar-refractivity contribution >= 4 is 11.6 Å². The molecule has 1 saturated heterocycles. The molecular weight excluding hydrogens is 354 g/mol. The van der Waals surface area contributed by atoms with Crippen molar-refractivity contribution in [3.8, 4) is 17.1 Å². The number of carbonyl (C=O) groups is 1. The molecule has 0 atom stereocenters. The molecule has 2 aromatic carbocycles. The fraction of sp³-hybridized carbons (Fsp3) is 0.318. The van der Waals surface area contributed by atoms with Crippen molar-refractivity contribution in [3.63, 3.8) is 0 Å². The third kappa shape index (κ3) is 3.91. The zero-order valence-corrected chi connectivity index (χ0v) is 16.1. The highest BCUT2D eigenvalue weighted by Crippen LogP contribution is 2.26. The zero-order valence-electron chi connectivity index (χ0n) is 16.1. The molecule has 1 aliphatic rings. The minimum absolute atomic E-state index is 0.155. The van der Waals surface area contributed by atoms with Crippen LogP contribution in [0.5, 0.6) is 5.75 Å². The largest absolute Gasteiger partial charge is 0.484 e. The first kappa shape index (κ1) is 18.2. The highest BCUT2D eigenvalue weighted by atomic mass is 16.5. The van der Waals surface area contributed by atoms with Gasteiger partial charge in [-0.2, -0.15) is 4.98 Å². The van der Waals surface area contributed by atoms with Crippen LogP contribution < -0.4 is 9.64 Å². The van der Waals surface area contributed by atoms with E-state index in [0.29, 0.717) is 29.8 Å². The maximum atomic E-state index is 11.9. The molecule has 0 bridgehead atoms. The van der Waals surface area contributed by atoms with Crippen LogP contribution in [0.1, 0.15) is 44.1 Å². The van der Waals surface area contributed by atoms with E-state index in [1.54, 1.807) is 4.90 Å². The first-order valence-corrected chi connectivity index (χ1v) is 9.56. The van der Waals surface area contributed by atoms with Gasteiger partial charge in [0, 0.05) is 30.3 Å². The first-order chi connectivity index (χ1) is 13.6. The standard InChI is InChI=1S/C22H23N3O3/c1-15(2)16-8-10-17(11-9-16)22-23-20(28-24-22)14-27-19-6-3-5-18(13-19)25-12-4-7-21(25)26/h3,5-6,8-11,13,15H,4,7,12,14H2,1-2H3. The van der Waals surface area contributed by atoms with Crippen molar-refractivity contribution in [2.45, 2.75) is 39.2 Å². The molecule has 0 unspecified atom stereocenters. The Balaban J connectivity index is 1.41. The fourth-order valence-corrected chi connectivity index (χ4v) is 3.26. The molecule has 28 heavy (non-hydrogen) atoms. The second-order valence-electron chi connectivity index (χ2n) is 7.22. The molecule has 0 saturated carbocycles. The number of benzene rings is 2. The number of hydrogen-bond acceptors (Lipinski definition) is 5. The highest BCUT2D eigenvalue weighted by molar-refractivity contribution is 5.95. The smallest absolute Gasteiger partial charge is 0.264 e. The van der Waals surface area contributed by atoms with E-state index in [2.05, 4.69) is 36.1 Å². The molecule has 6 heteroatoms. The molecule has 1 fully saturated rings. The Morgan fingerprint density at radius 1 is 1.18 bits per heavy atom. The van der Waals surface area contributed by atoms with Crippen LogP contribution in [-0.2, 0) is 11.4 Å². The number of carbonyl (C=O) groups excluding carboxylic acids is 1. The van der Waals surface area contributed by atoms with Crippen LogP contribution in [-0.4, -0.2) is 22.6 Å². The molecule has 0 aliphatic carbocycles. The van der Waals surface area contributed by atoms with E-state index in [1.165, 1.54) is 5.56 Å². The minimum atomic E-state index is 0.155. The monoisotopic (exact) mass is 377 g/mol. The normalized spacial score (nSPS) is 14.1. The van der Waals surface area contributed by atoms with Crippen LogP contribution in [0.4, 0.5) is 5.69 Å². The zero-order chi connectivity index (χ0) is 19.5. The molecule has 3 aromatic rings. The van der Waals surface area contributed by atoms with Crippen LogP contribution in [0.15, 0.2) is 53.1 Å². The molecule has 4 rings (SSSR count). The second-order valence-corrected chi connectivity index (χ2v) is 7.22. The maximum absolute atomic E-state index is 11.9. The van der Waals surface area contributed by atoms with Gasteiger partial charge in [-0.1, -0.05) is 49.3 Å². The summed E-state index contributed by atoms with van der Waals surface area (Å²) in [6, 6.07) is 15.7. The van der Waals surface area contributed by atoms with E-state index >= 15 is 0 Å². The highest BCUT2D eigenvalue weighted by Gasteiger charge is 2.21. The van der Waals surface area contributed by atoms with Crippen molar-refractivity contribution < 1.29 is 14.1 Å². The van der Waals surface area contributed by atoms with Gasteiger partial charge in [-0.3, -0.25) is 4.79 Å². The van der Waals surface area contributed by atoms with Crippen molar-refractivity contribution in [1.29, 1.82) is 0 Å². The first-order valence-electron chi connectivity index (χ1n) is 9.56. The Labute approximate surface area is 164 Å². The molecule has 1 aromatic heterocycles. The molecule has 0 radical (unpaired) electrons. The van der Waals surface area contributed by atoms with Crippen molar-refractivity contribution in [2.24, 2.45) is 0 Å². The van der Waals surface area contributed by atoms with E-state index in [0.717, 1.165) is 24.2 Å². The third-order valence-corrected chi connectivity index (χ3v) is 4.87. The van der Waals surface area contributed by atoms with Crippen LogP contribution in [0.3, 0.4) is 0 Å². The number of amides is 1. The van der Waals surface area contributed by atoms with E-state index in [4.69, 9.17) is 9.26 Å². The van der Waals surface area contributed by atoms with Gasteiger partial charge in [-0.05, 0) is 30.0 Å². The summed E-state index contributed by atoms with van der Waals surface area (Å²) in [4.78, 5) is 18.1. The summed E-state index contributed by atoms with van der Waals surface area (Å²) in [7, 11) is 0. The lowest BCUT2D eigenvalue weighted by Gasteiger charge is -2.16. The predicted molar refractivity (Wildman–Crippen MR) is 106 cm³/mol. The summed E-state index contributed by atoms with van der Waals surface area (Å²) in [6.45, 7) is 5.25. The number of hydrogen-bond donors (Lipinski definition) is 0. The van der Waals surface area contributed by atoms with Gasteiger partial charge in [-0.25, -0.2) is 0 Å². The minimum Gasteiger partial charge on any atom is -0.484 e. The van der Waals surface area contributed by atoms with E-state index in [-0.39, 0.29) is 12.5 Å². The summed E-state index contributed by atoms with van der Waals surface area (Å²) in [5.74, 6) is 2.26. The lowest BCUT2D eigenvalue weighted by molar-refractivity contribution is -0.117. The lowest BCUT2D eigenvalue weighted by Crippen LogP contribution is -2.23. The number of ether oxygens (including phenoxy) is 1. The Hall–Kier alpha value is -3.15. The molecule has 1 aliphatic heterocycles. The summed E-state index contributed by atoms with van der Waals surface area (Å²) in [5.41, 5.74) is 3.04. The van der Waals surface area contributed by atoms with Crippen molar-refractivity contribution in [3.05, 3.63) is 60.0 Å². The van der Waals surface area contributed by atoms with Crippen LogP contribution in [0.25, 0.3) is 11.4 Å². The average molecular weight is 377 g/mol. The second kappa shape index (κ2) is 7.84. The van der Waals surface area contributed by atoms with Crippen molar-refractivity contribution in [1.82, 2.24) is 10.1 Å². The van der Waals surface area contributed by atoms with Gasteiger partial charge in [0.25, 0.3) is 5.89 Å². The number of rotatable bonds is 6. The van der Waals surface area contributed by atoms with Gasteiger partial charge < -0.3 is 14.2 Å². The van der Waals surface area contributed by atoms with Gasteiger partial charge in [0.15, 0.2) is 6.61 Å². The van der Waals surface area contributed by atoms with Gasteiger partial charge in [0.2, 0.25) is 11.7 Å². The summed E-state index contributed by atoms with van der Waals surface area (Å²) in [6.07, 6.45) is 1.50. The quantitative estimate of drug-likeness (QED) is 0.630. The van der Waals surface area contributed by atoms with Crippen LogP contribution in [0, 0.1) is 0 Å². The Morgan fingerprint density at radius 3 is 2.71 bits per heavy atom. The van der Waals surface area contributed by atoms with E-state index < -0.39 is 0 Å². The van der Waals surface area contributed by atoms with Gasteiger partial charge >= 0.3 is 0 Å². The maximum Gasteiger partial charge on any atom is 0.264 e. The van der Waals surface area contributed by atoms with E-state index in [1.807, 2.05) is 36.4 Å².